The van der Waals surface area contributed by atoms with Crippen LogP contribution in [0.5, 0.6) is 0 Å². The van der Waals surface area contributed by atoms with Gasteiger partial charge in [-0.05, 0) is 24.1 Å². The van der Waals surface area contributed by atoms with Crippen LogP contribution in [0.15, 0.2) is 18.2 Å². The Bertz CT molecular complexity index is 360. The van der Waals surface area contributed by atoms with Gasteiger partial charge < -0.3 is 10.4 Å². The molecule has 74 valence electrons. The molecular weight excluding hydrogens is 182 g/mol. The third-order valence-electron chi connectivity index (χ3n) is 1.94. The zero-order valence-corrected chi connectivity index (χ0v) is 7.78. The van der Waals surface area contributed by atoms with Gasteiger partial charge in [0.2, 0.25) is 6.41 Å². The van der Waals surface area contributed by atoms with E-state index >= 15 is 0 Å². The number of hydrogen-bond donors (Lipinski definition) is 2. The molecule has 0 aliphatic carbocycles. The fourth-order valence-electron chi connectivity index (χ4n) is 1.18. The minimum absolute atomic E-state index is 0.122. The molecular formula is C10H11NO3. The molecule has 14 heavy (non-hydrogen) atoms. The van der Waals surface area contributed by atoms with E-state index in [1.165, 1.54) is 0 Å². The number of carboxylic acids is 1. The van der Waals surface area contributed by atoms with Crippen molar-refractivity contribution in [2.45, 2.75) is 13.3 Å². The predicted molar refractivity (Wildman–Crippen MR) is 52.5 cm³/mol. The van der Waals surface area contributed by atoms with Gasteiger partial charge in [-0.2, -0.15) is 0 Å². The number of benzene rings is 1. The second-order valence-corrected chi connectivity index (χ2v) is 2.80. The van der Waals surface area contributed by atoms with Gasteiger partial charge in [0.05, 0.1) is 11.3 Å². The minimum Gasteiger partial charge on any atom is -0.478 e. The largest absolute Gasteiger partial charge is 0.478 e. The van der Waals surface area contributed by atoms with Crippen molar-refractivity contribution in [2.75, 3.05) is 5.32 Å². The lowest BCUT2D eigenvalue weighted by Crippen LogP contribution is -2.05. The van der Waals surface area contributed by atoms with Crippen molar-refractivity contribution in [3.8, 4) is 0 Å². The van der Waals surface area contributed by atoms with E-state index in [9.17, 15) is 9.59 Å². The third-order valence-corrected chi connectivity index (χ3v) is 1.94. The highest BCUT2D eigenvalue weighted by Gasteiger charge is 2.09. The molecule has 0 unspecified atom stereocenters. The van der Waals surface area contributed by atoms with Crippen molar-refractivity contribution in [3.63, 3.8) is 0 Å². The summed E-state index contributed by atoms with van der Waals surface area (Å²) in [6, 6.07) is 4.95. The Morgan fingerprint density at radius 2 is 2.29 bits per heavy atom. The third kappa shape index (κ3) is 2.10. The van der Waals surface area contributed by atoms with Crippen LogP contribution in [-0.4, -0.2) is 17.5 Å². The maximum atomic E-state index is 10.8. The lowest BCUT2D eigenvalue weighted by atomic mass is 10.1. The highest BCUT2D eigenvalue weighted by Crippen LogP contribution is 2.17. The van der Waals surface area contributed by atoms with E-state index in [-0.39, 0.29) is 5.56 Å². The summed E-state index contributed by atoms with van der Waals surface area (Å²) < 4.78 is 0. The second kappa shape index (κ2) is 4.41. The smallest absolute Gasteiger partial charge is 0.337 e. The van der Waals surface area contributed by atoms with Gasteiger partial charge in [-0.25, -0.2) is 4.79 Å². The van der Waals surface area contributed by atoms with Crippen LogP contribution >= 0.6 is 0 Å². The Balaban J connectivity index is 3.16. The molecule has 0 heterocycles. The van der Waals surface area contributed by atoms with Crippen LogP contribution in [-0.2, 0) is 11.2 Å². The highest BCUT2D eigenvalue weighted by molar-refractivity contribution is 5.96. The van der Waals surface area contributed by atoms with Crippen LogP contribution in [0.4, 0.5) is 5.69 Å². The summed E-state index contributed by atoms with van der Waals surface area (Å²) in [5.74, 6) is -1.04. The number of carbonyl (C=O) groups is 2. The van der Waals surface area contributed by atoms with E-state index in [1.54, 1.807) is 18.2 Å². The van der Waals surface area contributed by atoms with Gasteiger partial charge in [0, 0.05) is 0 Å². The van der Waals surface area contributed by atoms with Crippen LogP contribution in [0.3, 0.4) is 0 Å². The number of carboxylic acid groups (broad SMARTS) is 1. The van der Waals surface area contributed by atoms with E-state index in [0.29, 0.717) is 12.1 Å². The van der Waals surface area contributed by atoms with Crippen molar-refractivity contribution < 1.29 is 14.7 Å². The Morgan fingerprint density at radius 3 is 2.79 bits per heavy atom. The minimum atomic E-state index is -1.04. The molecule has 0 aliphatic rings. The van der Waals surface area contributed by atoms with Crippen molar-refractivity contribution in [2.24, 2.45) is 0 Å². The van der Waals surface area contributed by atoms with Gasteiger partial charge in [0.1, 0.15) is 0 Å². The average molecular weight is 193 g/mol. The summed E-state index contributed by atoms with van der Waals surface area (Å²) in [7, 11) is 0. The molecule has 1 rings (SSSR count). The molecule has 2 N–H and O–H groups in total. The molecule has 0 saturated carbocycles. The Labute approximate surface area is 81.6 Å². The number of anilines is 1. The monoisotopic (exact) mass is 193 g/mol. The van der Waals surface area contributed by atoms with Gasteiger partial charge in [-0.3, -0.25) is 4.79 Å². The Kier molecular flexibility index (Phi) is 3.23. The summed E-state index contributed by atoms with van der Waals surface area (Å²) in [5.41, 5.74) is 1.37. The zero-order valence-electron chi connectivity index (χ0n) is 7.78. The molecule has 0 spiro atoms. The molecule has 0 aromatic heterocycles. The van der Waals surface area contributed by atoms with Gasteiger partial charge >= 0.3 is 5.97 Å². The summed E-state index contributed by atoms with van der Waals surface area (Å²) in [4.78, 5) is 21.0. The number of aryl methyl sites for hydroxylation is 1. The number of amides is 1. The molecule has 0 atom stereocenters. The number of nitrogens with one attached hydrogen (secondary N) is 1. The molecule has 0 saturated heterocycles. The van der Waals surface area contributed by atoms with E-state index in [1.807, 2.05) is 6.92 Å². The fraction of sp³-hybridized carbons (Fsp3) is 0.200. The molecule has 4 nitrogen and oxygen atoms in total. The van der Waals surface area contributed by atoms with Crippen LogP contribution in [0.1, 0.15) is 22.8 Å². The van der Waals surface area contributed by atoms with Gasteiger partial charge in [0.15, 0.2) is 0 Å². The maximum absolute atomic E-state index is 10.8. The average Bonchev–Trinajstić information content (AvgIpc) is 2.18. The normalized spacial score (nSPS) is 9.50. The molecule has 1 amide bonds. The van der Waals surface area contributed by atoms with Gasteiger partial charge in [0.25, 0.3) is 0 Å². The number of hydrogen-bond acceptors (Lipinski definition) is 2. The lowest BCUT2D eigenvalue weighted by molar-refractivity contribution is -0.105. The molecule has 4 heteroatoms. The van der Waals surface area contributed by atoms with Crippen molar-refractivity contribution in [3.05, 3.63) is 29.3 Å². The predicted octanol–water partition coefficient (Wildman–Crippen LogP) is 1.52. The topological polar surface area (TPSA) is 66.4 Å². The number of aromatic carboxylic acids is 1. The molecule has 1 aromatic carbocycles. The van der Waals surface area contributed by atoms with Crippen LogP contribution in [0.25, 0.3) is 0 Å². The Morgan fingerprint density at radius 1 is 1.57 bits per heavy atom. The molecule has 1 aromatic rings. The highest BCUT2D eigenvalue weighted by atomic mass is 16.4. The van der Waals surface area contributed by atoms with Crippen molar-refractivity contribution in [1.29, 1.82) is 0 Å². The second-order valence-electron chi connectivity index (χ2n) is 2.80. The first kappa shape index (κ1) is 10.2. The van der Waals surface area contributed by atoms with Gasteiger partial charge in [-0.1, -0.05) is 13.0 Å². The first-order valence-electron chi connectivity index (χ1n) is 4.25. The zero-order chi connectivity index (χ0) is 10.6. The summed E-state index contributed by atoms with van der Waals surface area (Å²) in [5, 5.41) is 11.2. The first-order chi connectivity index (χ1) is 6.69. The molecule has 0 bridgehead atoms. The quantitative estimate of drug-likeness (QED) is 0.712. The SMILES string of the molecule is CCc1ccc(NC=O)c(C(=O)O)c1. The molecule has 0 radical (unpaired) electrons. The van der Waals surface area contributed by atoms with Crippen molar-refractivity contribution in [1.82, 2.24) is 0 Å². The molecule has 0 aliphatic heterocycles. The molecule has 0 fully saturated rings. The van der Waals surface area contributed by atoms with Gasteiger partial charge in [-0.15, -0.1) is 0 Å². The van der Waals surface area contributed by atoms with E-state index < -0.39 is 5.97 Å². The maximum Gasteiger partial charge on any atom is 0.337 e. The summed E-state index contributed by atoms with van der Waals surface area (Å²) in [6.45, 7) is 1.94. The van der Waals surface area contributed by atoms with Crippen molar-refractivity contribution >= 4 is 18.1 Å². The lowest BCUT2D eigenvalue weighted by Gasteiger charge is -2.05. The van der Waals surface area contributed by atoms with E-state index in [4.69, 9.17) is 5.11 Å². The van der Waals surface area contributed by atoms with E-state index in [2.05, 4.69) is 5.32 Å². The fourth-order valence-corrected chi connectivity index (χ4v) is 1.18. The summed E-state index contributed by atoms with van der Waals surface area (Å²) in [6.07, 6.45) is 1.23. The standard InChI is InChI=1S/C10H11NO3/c1-2-7-3-4-9(11-6-12)8(5-7)10(13)14/h3-6H,2H2,1H3,(H,11,12)(H,13,14). The van der Waals surface area contributed by atoms with Crippen LogP contribution in [0.2, 0.25) is 0 Å². The Hall–Kier alpha value is -1.84. The number of rotatable bonds is 4. The first-order valence-corrected chi connectivity index (χ1v) is 4.25. The van der Waals surface area contributed by atoms with E-state index in [0.717, 1.165) is 12.0 Å². The van der Waals surface area contributed by atoms with Crippen LogP contribution < -0.4 is 5.32 Å². The summed E-state index contributed by atoms with van der Waals surface area (Å²) >= 11 is 0. The van der Waals surface area contributed by atoms with Crippen LogP contribution in [0, 0.1) is 0 Å². The number of carbonyl (C=O) groups excluding carboxylic acids is 1.